The molecule has 2 fully saturated rings. The summed E-state index contributed by atoms with van der Waals surface area (Å²) in [6.45, 7) is 5.41. The highest BCUT2D eigenvalue weighted by Gasteiger charge is 2.38. The van der Waals surface area contributed by atoms with Gasteiger partial charge in [-0.1, -0.05) is 25.3 Å². The van der Waals surface area contributed by atoms with E-state index in [1.807, 2.05) is 0 Å². The third-order valence-corrected chi connectivity index (χ3v) is 6.20. The van der Waals surface area contributed by atoms with Gasteiger partial charge in [-0.25, -0.2) is 0 Å². The minimum atomic E-state index is 0. The van der Waals surface area contributed by atoms with Gasteiger partial charge in [-0.15, -0.1) is 35.3 Å². The number of nitrogens with one attached hydrogen (secondary N) is 1. The summed E-state index contributed by atoms with van der Waals surface area (Å²) in [6, 6.07) is 4.25. The molecule has 0 bridgehead atoms. The van der Waals surface area contributed by atoms with Gasteiger partial charge in [0.2, 0.25) is 0 Å². The molecule has 2 aliphatic rings. The highest BCUT2D eigenvalue weighted by molar-refractivity contribution is 14.0. The molecule has 25 heavy (non-hydrogen) atoms. The van der Waals surface area contributed by atoms with Crippen LogP contribution in [0, 0.1) is 0 Å². The van der Waals surface area contributed by atoms with Gasteiger partial charge in [-0.05, 0) is 30.7 Å². The Hall–Kier alpha value is -0.380. The zero-order valence-electron chi connectivity index (χ0n) is 14.9. The molecule has 0 amide bonds. The second kappa shape index (κ2) is 10.7. The summed E-state index contributed by atoms with van der Waals surface area (Å²) in [4.78, 5) is 8.71. The van der Waals surface area contributed by atoms with Crippen molar-refractivity contribution in [3.63, 3.8) is 0 Å². The average Bonchev–Trinajstić information content (AvgIpc) is 3.15. The first-order valence-electron chi connectivity index (χ1n) is 9.17. The molecule has 0 unspecified atom stereocenters. The van der Waals surface area contributed by atoms with Crippen molar-refractivity contribution in [1.29, 1.82) is 0 Å². The van der Waals surface area contributed by atoms with Crippen molar-refractivity contribution in [2.24, 2.45) is 10.7 Å². The van der Waals surface area contributed by atoms with Gasteiger partial charge in [0.05, 0.1) is 19.8 Å². The van der Waals surface area contributed by atoms with Gasteiger partial charge >= 0.3 is 0 Å². The monoisotopic (exact) mass is 478 g/mol. The largest absolute Gasteiger partial charge is 0.379 e. The maximum absolute atomic E-state index is 6.12. The topological polar surface area (TPSA) is 62.9 Å². The number of morpholine rings is 1. The van der Waals surface area contributed by atoms with Crippen LogP contribution < -0.4 is 11.1 Å². The van der Waals surface area contributed by atoms with Gasteiger partial charge in [0, 0.05) is 30.1 Å². The molecule has 1 aromatic heterocycles. The van der Waals surface area contributed by atoms with E-state index >= 15 is 0 Å². The van der Waals surface area contributed by atoms with Crippen molar-refractivity contribution in [1.82, 2.24) is 10.2 Å². The molecule has 0 radical (unpaired) electrons. The summed E-state index contributed by atoms with van der Waals surface area (Å²) in [5.41, 5.74) is 6.31. The lowest BCUT2D eigenvalue weighted by molar-refractivity contribution is -0.0333. The zero-order valence-corrected chi connectivity index (χ0v) is 18.1. The van der Waals surface area contributed by atoms with Gasteiger partial charge < -0.3 is 15.8 Å². The number of hydrogen-bond donors (Lipinski definition) is 2. The minimum absolute atomic E-state index is 0. The van der Waals surface area contributed by atoms with E-state index in [9.17, 15) is 0 Å². The number of halogens is 1. The molecule has 0 aromatic carbocycles. The highest BCUT2D eigenvalue weighted by Crippen LogP contribution is 2.34. The molecule has 1 saturated carbocycles. The molecule has 1 aromatic rings. The van der Waals surface area contributed by atoms with Crippen LogP contribution in [-0.2, 0) is 11.2 Å². The van der Waals surface area contributed by atoms with Crippen LogP contribution in [-0.4, -0.2) is 55.8 Å². The number of aliphatic imine (C=N–C) groups is 1. The summed E-state index contributed by atoms with van der Waals surface area (Å²) in [5.74, 6) is 0.588. The third-order valence-electron chi connectivity index (χ3n) is 5.27. The summed E-state index contributed by atoms with van der Waals surface area (Å²) in [5, 5.41) is 5.38. The van der Waals surface area contributed by atoms with Gasteiger partial charge in [0.15, 0.2) is 5.96 Å². The molecule has 2 heterocycles. The van der Waals surface area contributed by atoms with E-state index in [2.05, 4.69) is 27.7 Å². The number of nitrogens with zero attached hydrogens (tertiary/aromatic N) is 2. The first-order valence-corrected chi connectivity index (χ1v) is 10.1. The Morgan fingerprint density at radius 2 is 2.04 bits per heavy atom. The molecular weight excluding hydrogens is 447 g/mol. The maximum Gasteiger partial charge on any atom is 0.188 e. The quantitative estimate of drug-likeness (QED) is 0.375. The third kappa shape index (κ3) is 6.08. The smallest absolute Gasteiger partial charge is 0.188 e. The summed E-state index contributed by atoms with van der Waals surface area (Å²) >= 11 is 1.79. The van der Waals surface area contributed by atoms with Crippen LogP contribution in [0.4, 0.5) is 0 Å². The standard InChI is InChI=1S/C18H30N4OS.HI/c19-17(20-9-6-16-5-4-14-24-16)21-15-18(7-2-1-3-8-18)22-10-12-23-13-11-22;/h4-5,14H,1-3,6-13,15H2,(H3,19,20,21);1H. The predicted molar refractivity (Wildman–Crippen MR) is 116 cm³/mol. The zero-order chi connectivity index (χ0) is 16.7. The van der Waals surface area contributed by atoms with E-state index in [0.29, 0.717) is 5.96 Å². The van der Waals surface area contributed by atoms with Gasteiger partial charge in [-0.3, -0.25) is 9.89 Å². The predicted octanol–water partition coefficient (Wildman–Crippen LogP) is 2.85. The normalized spacial score (nSPS) is 21.5. The van der Waals surface area contributed by atoms with Crippen LogP contribution >= 0.6 is 35.3 Å². The number of hydrogen-bond acceptors (Lipinski definition) is 4. The molecule has 1 saturated heterocycles. The fourth-order valence-corrected chi connectivity index (χ4v) is 4.59. The number of guanidine groups is 1. The molecule has 0 atom stereocenters. The molecule has 3 N–H and O–H groups in total. The second-order valence-corrected chi connectivity index (χ2v) is 7.87. The van der Waals surface area contributed by atoms with E-state index in [0.717, 1.165) is 45.8 Å². The Morgan fingerprint density at radius 3 is 2.72 bits per heavy atom. The van der Waals surface area contributed by atoms with Crippen molar-refractivity contribution < 1.29 is 4.74 Å². The summed E-state index contributed by atoms with van der Waals surface area (Å²) in [7, 11) is 0. The van der Waals surface area contributed by atoms with E-state index < -0.39 is 0 Å². The molecule has 3 rings (SSSR count). The van der Waals surface area contributed by atoms with Crippen LogP contribution in [0.3, 0.4) is 0 Å². The lowest BCUT2D eigenvalue weighted by Crippen LogP contribution is -2.56. The van der Waals surface area contributed by atoms with E-state index in [-0.39, 0.29) is 29.5 Å². The van der Waals surface area contributed by atoms with Crippen LogP contribution in [0.2, 0.25) is 0 Å². The minimum Gasteiger partial charge on any atom is -0.379 e. The van der Waals surface area contributed by atoms with Gasteiger partial charge in [0.1, 0.15) is 0 Å². The molecule has 142 valence electrons. The average molecular weight is 478 g/mol. The summed E-state index contributed by atoms with van der Waals surface area (Å²) in [6.07, 6.45) is 7.43. The molecule has 7 heteroatoms. The molecule has 0 spiro atoms. The van der Waals surface area contributed by atoms with E-state index in [1.165, 1.54) is 37.0 Å². The van der Waals surface area contributed by atoms with Gasteiger partial charge in [0.25, 0.3) is 0 Å². The lowest BCUT2D eigenvalue weighted by Gasteiger charge is -2.47. The van der Waals surface area contributed by atoms with Crippen LogP contribution in [0.1, 0.15) is 37.0 Å². The van der Waals surface area contributed by atoms with Crippen LogP contribution in [0.25, 0.3) is 0 Å². The second-order valence-electron chi connectivity index (χ2n) is 6.84. The number of thiophene rings is 1. The molecule has 1 aliphatic heterocycles. The number of rotatable bonds is 6. The maximum atomic E-state index is 6.12. The Balaban J connectivity index is 0.00000225. The molecule has 1 aliphatic carbocycles. The Labute approximate surface area is 172 Å². The van der Waals surface area contributed by atoms with Crippen LogP contribution in [0.15, 0.2) is 22.5 Å². The Kier molecular flexibility index (Phi) is 8.95. The molecular formula is C18H31IN4OS. The first kappa shape index (κ1) is 20.9. The number of ether oxygens (including phenoxy) is 1. The fourth-order valence-electron chi connectivity index (χ4n) is 3.88. The first-order chi connectivity index (χ1) is 11.8. The van der Waals surface area contributed by atoms with Crippen molar-refractivity contribution in [3.05, 3.63) is 22.4 Å². The summed E-state index contributed by atoms with van der Waals surface area (Å²) < 4.78 is 5.54. The van der Waals surface area contributed by atoms with Crippen molar-refractivity contribution in [3.8, 4) is 0 Å². The molecule has 5 nitrogen and oxygen atoms in total. The Morgan fingerprint density at radius 1 is 1.28 bits per heavy atom. The number of nitrogens with two attached hydrogens (primary N) is 1. The SMILES string of the molecule is I.NC(=NCC1(N2CCOCC2)CCCCC1)NCCc1cccs1. The fraction of sp³-hybridized carbons (Fsp3) is 0.722. The lowest BCUT2D eigenvalue weighted by atomic mass is 9.80. The van der Waals surface area contributed by atoms with Crippen molar-refractivity contribution in [2.45, 2.75) is 44.1 Å². The van der Waals surface area contributed by atoms with E-state index in [4.69, 9.17) is 15.5 Å². The Bertz CT molecular complexity index is 511. The van der Waals surface area contributed by atoms with Gasteiger partial charge in [-0.2, -0.15) is 0 Å². The van der Waals surface area contributed by atoms with E-state index in [1.54, 1.807) is 11.3 Å². The van der Waals surface area contributed by atoms with Crippen molar-refractivity contribution >= 4 is 41.3 Å². The highest BCUT2D eigenvalue weighted by atomic mass is 127. The van der Waals surface area contributed by atoms with Crippen molar-refractivity contribution in [2.75, 3.05) is 39.4 Å². The van der Waals surface area contributed by atoms with Crippen LogP contribution in [0.5, 0.6) is 0 Å².